The molecule has 2 heterocycles. The summed E-state index contributed by atoms with van der Waals surface area (Å²) < 4.78 is 0. The molecule has 2 N–H and O–H groups in total. The zero-order valence-electron chi connectivity index (χ0n) is 15.6. The molecule has 3 fully saturated rings. The topological polar surface area (TPSA) is 51.1 Å². The minimum absolute atomic E-state index is 0.0110. The van der Waals surface area contributed by atoms with E-state index >= 15 is 0 Å². The molecule has 3 atom stereocenters. The van der Waals surface area contributed by atoms with Crippen LogP contribution in [0.4, 0.5) is 0 Å². The third-order valence-corrected chi connectivity index (χ3v) is 6.44. The summed E-state index contributed by atoms with van der Waals surface area (Å²) in [6, 6.07) is 0. The molecule has 0 bridgehead atoms. The van der Waals surface area contributed by atoms with Gasteiger partial charge < -0.3 is 20.2 Å². The molecular weight excluding hydrogens is 300 g/mol. The highest BCUT2D eigenvalue weighted by Crippen LogP contribution is 2.35. The standard InChI is InChI=1S/C19H36N4O/c1-19(9-4-3-7-17(19)24)15-21-18(20-2)23-12-8-16(14-23)13-22-10-5-6-11-22/h16-17,24H,3-15H2,1-2H3,(H,20,21). The van der Waals surface area contributed by atoms with Crippen molar-refractivity contribution in [2.45, 2.75) is 58.0 Å². The Kier molecular flexibility index (Phi) is 6.03. The minimum Gasteiger partial charge on any atom is -0.392 e. The summed E-state index contributed by atoms with van der Waals surface area (Å²) in [6.07, 6.45) is 8.29. The number of nitrogens with zero attached hydrogens (tertiary/aromatic N) is 3. The molecule has 5 heteroatoms. The Hall–Kier alpha value is -0.810. The Morgan fingerprint density at radius 3 is 2.67 bits per heavy atom. The van der Waals surface area contributed by atoms with Crippen molar-refractivity contribution in [3.05, 3.63) is 0 Å². The maximum Gasteiger partial charge on any atom is 0.193 e. The van der Waals surface area contributed by atoms with E-state index < -0.39 is 0 Å². The van der Waals surface area contributed by atoms with Crippen LogP contribution in [-0.4, -0.2) is 73.3 Å². The normalized spacial score (nSPS) is 35.6. The molecule has 0 amide bonds. The highest BCUT2D eigenvalue weighted by Gasteiger charge is 2.36. The number of nitrogens with one attached hydrogen (secondary N) is 1. The van der Waals surface area contributed by atoms with Gasteiger partial charge in [-0.2, -0.15) is 0 Å². The van der Waals surface area contributed by atoms with Gasteiger partial charge in [0, 0.05) is 38.6 Å². The zero-order chi connectivity index (χ0) is 17.0. The average Bonchev–Trinajstić information content (AvgIpc) is 3.24. The first-order valence-corrected chi connectivity index (χ1v) is 9.97. The van der Waals surface area contributed by atoms with Crippen LogP contribution in [0.15, 0.2) is 4.99 Å². The number of hydrogen-bond acceptors (Lipinski definition) is 3. The van der Waals surface area contributed by atoms with Crippen molar-refractivity contribution in [3.63, 3.8) is 0 Å². The van der Waals surface area contributed by atoms with E-state index in [1.54, 1.807) is 0 Å². The fourth-order valence-electron chi connectivity index (χ4n) is 4.71. The van der Waals surface area contributed by atoms with E-state index in [9.17, 15) is 5.11 Å². The Bertz CT molecular complexity index is 435. The Balaban J connectivity index is 1.48. The molecule has 1 aliphatic carbocycles. The SMILES string of the molecule is CN=C(NCC1(C)CCCCC1O)N1CCC(CN2CCCC2)C1. The first kappa shape index (κ1) is 18.0. The summed E-state index contributed by atoms with van der Waals surface area (Å²) in [4.78, 5) is 9.56. The molecule has 0 spiro atoms. The van der Waals surface area contributed by atoms with Crippen LogP contribution in [0.1, 0.15) is 51.9 Å². The van der Waals surface area contributed by atoms with Gasteiger partial charge in [0.2, 0.25) is 0 Å². The van der Waals surface area contributed by atoms with Crippen LogP contribution >= 0.6 is 0 Å². The predicted octanol–water partition coefficient (Wildman–Crippen LogP) is 1.92. The summed E-state index contributed by atoms with van der Waals surface area (Å²) in [5.74, 6) is 1.80. The molecule has 3 unspecified atom stereocenters. The summed E-state index contributed by atoms with van der Waals surface area (Å²) in [7, 11) is 1.88. The predicted molar refractivity (Wildman–Crippen MR) is 99.3 cm³/mol. The second kappa shape index (κ2) is 8.05. The van der Waals surface area contributed by atoms with E-state index in [1.807, 2.05) is 7.05 Å². The first-order valence-electron chi connectivity index (χ1n) is 9.97. The van der Waals surface area contributed by atoms with Crippen molar-refractivity contribution in [3.8, 4) is 0 Å². The van der Waals surface area contributed by atoms with Gasteiger partial charge >= 0.3 is 0 Å². The van der Waals surface area contributed by atoms with E-state index in [0.29, 0.717) is 0 Å². The van der Waals surface area contributed by atoms with Crippen LogP contribution in [0.3, 0.4) is 0 Å². The van der Waals surface area contributed by atoms with Gasteiger partial charge in [-0.05, 0) is 51.1 Å². The molecule has 2 aliphatic heterocycles. The van der Waals surface area contributed by atoms with Gasteiger partial charge in [-0.25, -0.2) is 0 Å². The largest absolute Gasteiger partial charge is 0.392 e. The number of aliphatic hydroxyl groups is 1. The number of guanidine groups is 1. The van der Waals surface area contributed by atoms with Crippen molar-refractivity contribution in [1.82, 2.24) is 15.1 Å². The third-order valence-electron chi connectivity index (χ3n) is 6.44. The van der Waals surface area contributed by atoms with Crippen LogP contribution < -0.4 is 5.32 Å². The molecule has 5 nitrogen and oxygen atoms in total. The first-order chi connectivity index (χ1) is 11.6. The molecule has 3 aliphatic rings. The van der Waals surface area contributed by atoms with Gasteiger partial charge in [0.15, 0.2) is 5.96 Å². The van der Waals surface area contributed by atoms with E-state index in [4.69, 9.17) is 0 Å². The number of likely N-dealkylation sites (tertiary alicyclic amines) is 2. The Morgan fingerprint density at radius 1 is 1.17 bits per heavy atom. The molecule has 3 rings (SSSR count). The number of aliphatic hydroxyl groups excluding tert-OH is 1. The molecule has 0 radical (unpaired) electrons. The maximum atomic E-state index is 10.4. The van der Waals surface area contributed by atoms with Crippen LogP contribution in [-0.2, 0) is 0 Å². The number of aliphatic imine (C=N–C) groups is 1. The Labute approximate surface area is 147 Å². The molecular formula is C19H36N4O. The van der Waals surface area contributed by atoms with E-state index in [1.165, 1.54) is 45.3 Å². The van der Waals surface area contributed by atoms with Gasteiger partial charge in [0.25, 0.3) is 0 Å². The summed E-state index contributed by atoms with van der Waals surface area (Å²) in [6.45, 7) is 9.11. The van der Waals surface area contributed by atoms with Gasteiger partial charge in [-0.15, -0.1) is 0 Å². The maximum absolute atomic E-state index is 10.4. The average molecular weight is 337 g/mol. The van der Waals surface area contributed by atoms with Crippen LogP contribution in [0.2, 0.25) is 0 Å². The zero-order valence-corrected chi connectivity index (χ0v) is 15.6. The van der Waals surface area contributed by atoms with Gasteiger partial charge in [-0.1, -0.05) is 19.8 Å². The van der Waals surface area contributed by atoms with Gasteiger partial charge in [0.05, 0.1) is 6.10 Å². The van der Waals surface area contributed by atoms with Crippen molar-refractivity contribution in [2.24, 2.45) is 16.3 Å². The second-order valence-corrected chi connectivity index (χ2v) is 8.42. The van der Waals surface area contributed by atoms with Crippen molar-refractivity contribution in [2.75, 3.05) is 46.3 Å². The lowest BCUT2D eigenvalue weighted by Crippen LogP contribution is -2.49. The van der Waals surface area contributed by atoms with Crippen LogP contribution in [0, 0.1) is 11.3 Å². The lowest BCUT2D eigenvalue weighted by atomic mass is 9.73. The highest BCUT2D eigenvalue weighted by molar-refractivity contribution is 5.80. The smallest absolute Gasteiger partial charge is 0.193 e. The van der Waals surface area contributed by atoms with E-state index in [2.05, 4.69) is 27.0 Å². The van der Waals surface area contributed by atoms with Gasteiger partial charge in [0.1, 0.15) is 0 Å². The van der Waals surface area contributed by atoms with E-state index in [0.717, 1.165) is 50.8 Å². The summed E-state index contributed by atoms with van der Waals surface area (Å²) in [5.41, 5.74) is -0.0110. The van der Waals surface area contributed by atoms with Gasteiger partial charge in [-0.3, -0.25) is 4.99 Å². The number of rotatable bonds is 4. The van der Waals surface area contributed by atoms with Crippen LogP contribution in [0.5, 0.6) is 0 Å². The fraction of sp³-hybridized carbons (Fsp3) is 0.947. The molecule has 2 saturated heterocycles. The minimum atomic E-state index is -0.182. The Morgan fingerprint density at radius 2 is 1.96 bits per heavy atom. The van der Waals surface area contributed by atoms with E-state index in [-0.39, 0.29) is 11.5 Å². The molecule has 0 aromatic carbocycles. The molecule has 0 aromatic heterocycles. The van der Waals surface area contributed by atoms with Crippen molar-refractivity contribution in [1.29, 1.82) is 0 Å². The lowest BCUT2D eigenvalue weighted by molar-refractivity contribution is 0.00369. The second-order valence-electron chi connectivity index (χ2n) is 8.42. The quantitative estimate of drug-likeness (QED) is 0.608. The number of hydrogen-bond donors (Lipinski definition) is 2. The molecule has 1 saturated carbocycles. The third kappa shape index (κ3) is 4.23. The molecule has 0 aromatic rings. The molecule has 138 valence electrons. The summed E-state index contributed by atoms with van der Waals surface area (Å²) >= 11 is 0. The fourth-order valence-corrected chi connectivity index (χ4v) is 4.71. The van der Waals surface area contributed by atoms with Crippen molar-refractivity contribution < 1.29 is 5.11 Å². The molecule has 24 heavy (non-hydrogen) atoms. The lowest BCUT2D eigenvalue weighted by Gasteiger charge is -2.39. The van der Waals surface area contributed by atoms with Crippen molar-refractivity contribution >= 4 is 5.96 Å². The monoisotopic (exact) mass is 336 g/mol. The van der Waals surface area contributed by atoms with Crippen LogP contribution in [0.25, 0.3) is 0 Å². The summed E-state index contributed by atoms with van der Waals surface area (Å²) in [5, 5.41) is 14.0. The highest BCUT2D eigenvalue weighted by atomic mass is 16.3.